The zero-order chi connectivity index (χ0) is 35.6. The molecule has 0 N–H and O–H groups in total. The van der Waals surface area contributed by atoms with Crippen LogP contribution in [0.3, 0.4) is 0 Å². The molecule has 11 aromatic rings. The van der Waals surface area contributed by atoms with Crippen LogP contribution in [0.5, 0.6) is 0 Å². The van der Waals surface area contributed by atoms with Gasteiger partial charge in [-0.05, 0) is 109 Å². The Hall–Kier alpha value is -7.23. The molecule has 3 nitrogen and oxygen atoms in total. The van der Waals surface area contributed by atoms with Gasteiger partial charge in [0.2, 0.25) is 0 Å². The Bertz CT molecular complexity index is 3280. The van der Waals surface area contributed by atoms with E-state index >= 15 is 0 Å². The van der Waals surface area contributed by atoms with Crippen LogP contribution >= 0.6 is 0 Å². The van der Waals surface area contributed by atoms with Gasteiger partial charge in [0.05, 0.1) is 22.2 Å². The average molecular weight is 686 g/mol. The minimum atomic E-state index is 0.901. The second kappa shape index (κ2) is 12.2. The van der Waals surface area contributed by atoms with Crippen LogP contribution in [0.2, 0.25) is 0 Å². The number of fused-ring (bicyclic) bond motifs is 9. The van der Waals surface area contributed by atoms with E-state index in [0.29, 0.717) is 0 Å². The molecule has 3 heterocycles. The summed E-state index contributed by atoms with van der Waals surface area (Å²) < 4.78 is 0. The molecule has 0 aliphatic heterocycles. The Morgan fingerprint density at radius 1 is 0.315 bits per heavy atom. The van der Waals surface area contributed by atoms with E-state index in [1.54, 1.807) is 0 Å². The highest BCUT2D eigenvalue weighted by Crippen LogP contribution is 2.41. The molecule has 3 heteroatoms. The van der Waals surface area contributed by atoms with Crippen LogP contribution in [0.1, 0.15) is 0 Å². The number of aromatic nitrogens is 3. The highest BCUT2D eigenvalue weighted by molar-refractivity contribution is 6.21. The van der Waals surface area contributed by atoms with Crippen molar-refractivity contribution < 1.29 is 0 Å². The topological polar surface area (TPSA) is 38.7 Å². The van der Waals surface area contributed by atoms with E-state index in [2.05, 4.69) is 164 Å². The molecule has 3 aromatic heterocycles. The lowest BCUT2D eigenvalue weighted by Gasteiger charge is -2.16. The highest BCUT2D eigenvalue weighted by atomic mass is 14.8. The molecule has 0 fully saturated rings. The van der Waals surface area contributed by atoms with Crippen molar-refractivity contribution in [2.45, 2.75) is 0 Å². The average Bonchev–Trinajstić information content (AvgIpc) is 3.25. The van der Waals surface area contributed by atoms with E-state index in [-0.39, 0.29) is 0 Å². The molecule has 0 amide bonds. The smallest absolute Gasteiger partial charge is 0.0972 e. The van der Waals surface area contributed by atoms with Crippen LogP contribution in [0.15, 0.2) is 188 Å². The number of hydrogen-bond acceptors (Lipinski definition) is 3. The third-order valence-corrected chi connectivity index (χ3v) is 10.9. The van der Waals surface area contributed by atoms with Crippen molar-refractivity contribution in [2.75, 3.05) is 0 Å². The zero-order valence-corrected chi connectivity index (χ0v) is 29.2. The Morgan fingerprint density at radius 3 is 1.91 bits per heavy atom. The first-order valence-electron chi connectivity index (χ1n) is 18.3. The van der Waals surface area contributed by atoms with Gasteiger partial charge in [-0.1, -0.05) is 127 Å². The Balaban J connectivity index is 1.15. The second-order valence-electron chi connectivity index (χ2n) is 14.1. The van der Waals surface area contributed by atoms with Crippen LogP contribution in [-0.2, 0) is 0 Å². The van der Waals surface area contributed by atoms with Gasteiger partial charge in [0.25, 0.3) is 0 Å². The Morgan fingerprint density at radius 2 is 1.00 bits per heavy atom. The molecule has 0 saturated heterocycles. The van der Waals surface area contributed by atoms with E-state index in [9.17, 15) is 0 Å². The lowest BCUT2D eigenvalue weighted by atomic mass is 9.88. The van der Waals surface area contributed by atoms with Crippen LogP contribution in [0.4, 0.5) is 0 Å². The van der Waals surface area contributed by atoms with Crippen LogP contribution in [-0.4, -0.2) is 15.0 Å². The van der Waals surface area contributed by atoms with Crippen LogP contribution < -0.4 is 0 Å². The van der Waals surface area contributed by atoms with E-state index in [4.69, 9.17) is 15.0 Å². The standard InChI is InChI=1S/C51H31N3/c1-2-10-33(11-3-1)48-23-21-35-17-19-37-25-41(31-53-50(37)51(35)54-48)39-26-38(36-18-16-34-12-8-24-52-49(34)29-36)27-40(28-39)46-30-47-42-13-5-4-9-32(42)20-22-45(47)43-14-6-7-15-44(43)46/h1-31H. The van der Waals surface area contributed by atoms with E-state index in [1.165, 1.54) is 37.9 Å². The third-order valence-electron chi connectivity index (χ3n) is 10.9. The SMILES string of the molecule is c1ccc(-c2ccc3ccc4cc(-c5cc(-c6ccc7cccnc7c6)cc(-c6cc7c8ccccc8ccc7c7ccccc67)c5)cnc4c3n2)cc1. The third kappa shape index (κ3) is 5.02. The monoisotopic (exact) mass is 685 g/mol. The molecule has 0 saturated carbocycles. The highest BCUT2D eigenvalue weighted by Gasteiger charge is 2.15. The Labute approximate surface area is 311 Å². The summed E-state index contributed by atoms with van der Waals surface area (Å²) in [6.07, 6.45) is 3.87. The summed E-state index contributed by atoms with van der Waals surface area (Å²) in [4.78, 5) is 14.9. The molecule has 0 radical (unpaired) electrons. The molecule has 8 aromatic carbocycles. The van der Waals surface area contributed by atoms with Crippen molar-refractivity contribution >= 4 is 65.0 Å². The summed E-state index contributed by atoms with van der Waals surface area (Å²) in [5.41, 5.74) is 11.6. The van der Waals surface area contributed by atoms with Gasteiger partial charge in [-0.25, -0.2) is 4.98 Å². The van der Waals surface area contributed by atoms with Crippen molar-refractivity contribution in [3.05, 3.63) is 188 Å². The molecule has 0 atom stereocenters. The van der Waals surface area contributed by atoms with Crippen LogP contribution in [0.25, 0.3) is 110 Å². The van der Waals surface area contributed by atoms with Gasteiger partial charge in [-0.15, -0.1) is 0 Å². The molecule has 11 rings (SSSR count). The van der Waals surface area contributed by atoms with Crippen molar-refractivity contribution in [3.8, 4) is 44.6 Å². The summed E-state index contributed by atoms with van der Waals surface area (Å²) in [6.45, 7) is 0. The largest absolute Gasteiger partial charge is 0.256 e. The molecule has 0 unspecified atom stereocenters. The molecule has 250 valence electrons. The number of rotatable bonds is 4. The maximum absolute atomic E-state index is 5.12. The fourth-order valence-corrected chi connectivity index (χ4v) is 8.17. The van der Waals surface area contributed by atoms with Crippen molar-refractivity contribution in [3.63, 3.8) is 0 Å². The molecule has 0 aliphatic carbocycles. The normalized spacial score (nSPS) is 11.7. The quantitative estimate of drug-likeness (QED) is 0.173. The first kappa shape index (κ1) is 30.4. The minimum Gasteiger partial charge on any atom is -0.256 e. The van der Waals surface area contributed by atoms with Gasteiger partial charge in [-0.3, -0.25) is 9.97 Å². The fourth-order valence-electron chi connectivity index (χ4n) is 8.17. The number of nitrogens with zero attached hydrogens (tertiary/aromatic N) is 3. The maximum Gasteiger partial charge on any atom is 0.0972 e. The van der Waals surface area contributed by atoms with E-state index < -0.39 is 0 Å². The number of hydrogen-bond donors (Lipinski definition) is 0. The van der Waals surface area contributed by atoms with Crippen molar-refractivity contribution in [1.29, 1.82) is 0 Å². The Kier molecular flexibility index (Phi) is 6.86. The second-order valence-corrected chi connectivity index (χ2v) is 14.1. The number of pyridine rings is 3. The van der Waals surface area contributed by atoms with E-state index in [1.807, 2.05) is 24.5 Å². The van der Waals surface area contributed by atoms with Crippen molar-refractivity contribution in [2.24, 2.45) is 0 Å². The van der Waals surface area contributed by atoms with Gasteiger partial charge in [-0.2, -0.15) is 0 Å². The van der Waals surface area contributed by atoms with Gasteiger partial charge >= 0.3 is 0 Å². The summed E-state index contributed by atoms with van der Waals surface area (Å²) in [5.74, 6) is 0. The van der Waals surface area contributed by atoms with E-state index in [0.717, 1.165) is 71.8 Å². The van der Waals surface area contributed by atoms with Gasteiger partial charge in [0, 0.05) is 39.7 Å². The first-order valence-corrected chi connectivity index (χ1v) is 18.3. The summed E-state index contributed by atoms with van der Waals surface area (Å²) in [7, 11) is 0. The molecular formula is C51H31N3. The summed E-state index contributed by atoms with van der Waals surface area (Å²) in [5, 5.41) is 10.8. The van der Waals surface area contributed by atoms with Gasteiger partial charge < -0.3 is 0 Å². The molecule has 54 heavy (non-hydrogen) atoms. The van der Waals surface area contributed by atoms with Gasteiger partial charge in [0.15, 0.2) is 0 Å². The molecule has 0 spiro atoms. The predicted octanol–water partition coefficient (Wildman–Crippen LogP) is 13.5. The minimum absolute atomic E-state index is 0.901. The number of benzene rings is 8. The van der Waals surface area contributed by atoms with Gasteiger partial charge in [0.1, 0.15) is 0 Å². The predicted molar refractivity (Wildman–Crippen MR) is 227 cm³/mol. The molecule has 0 bridgehead atoms. The zero-order valence-electron chi connectivity index (χ0n) is 29.2. The summed E-state index contributed by atoms with van der Waals surface area (Å²) >= 11 is 0. The lowest BCUT2D eigenvalue weighted by Crippen LogP contribution is -1.91. The van der Waals surface area contributed by atoms with Crippen LogP contribution in [0, 0.1) is 0 Å². The lowest BCUT2D eigenvalue weighted by molar-refractivity contribution is 1.37. The first-order chi connectivity index (χ1) is 26.7. The molecular weight excluding hydrogens is 655 g/mol. The maximum atomic E-state index is 5.12. The summed E-state index contributed by atoms with van der Waals surface area (Å²) in [6, 6.07) is 63.2. The van der Waals surface area contributed by atoms with Crippen molar-refractivity contribution in [1.82, 2.24) is 15.0 Å². The molecule has 0 aliphatic rings. The fraction of sp³-hybridized carbons (Fsp3) is 0.